The van der Waals surface area contributed by atoms with Gasteiger partial charge in [0, 0.05) is 24.4 Å². The molecule has 1 aromatic rings. The van der Waals surface area contributed by atoms with Gasteiger partial charge in [0.25, 0.3) is 0 Å². The van der Waals surface area contributed by atoms with Crippen LogP contribution in [0.1, 0.15) is 44.9 Å². The summed E-state index contributed by atoms with van der Waals surface area (Å²) >= 11 is 0. The Labute approximate surface area is 154 Å². The number of nitrogens with one attached hydrogen (secondary N) is 2. The van der Waals surface area contributed by atoms with Crippen LogP contribution in [-0.2, 0) is 9.59 Å². The largest absolute Gasteiger partial charge is 0.481 e. The van der Waals surface area contributed by atoms with Crippen LogP contribution in [0.3, 0.4) is 0 Å². The minimum atomic E-state index is -0.148. The molecule has 4 saturated carbocycles. The second-order valence-corrected chi connectivity index (χ2v) is 8.34. The Morgan fingerprint density at radius 1 is 1.15 bits per heavy atom. The highest BCUT2D eigenvalue weighted by Gasteiger charge is 2.54. The third-order valence-electron chi connectivity index (χ3n) is 6.39. The van der Waals surface area contributed by atoms with Crippen molar-refractivity contribution in [1.29, 1.82) is 0 Å². The standard InChI is InChI=1S/C20H27N3O3/c1-26-18-3-2-16(12-22-18)23-17(24)4-5-21-19(25)20-9-13-6-14(10-20)8-15(7-13)11-20/h2-3,12-15H,4-11H2,1H3,(H,21,25)(H,23,24). The van der Waals surface area contributed by atoms with E-state index in [4.69, 9.17) is 4.74 Å². The summed E-state index contributed by atoms with van der Waals surface area (Å²) in [4.78, 5) is 29.0. The molecule has 2 amide bonds. The van der Waals surface area contributed by atoms with Crippen LogP contribution in [0.25, 0.3) is 0 Å². The van der Waals surface area contributed by atoms with Gasteiger partial charge in [0.15, 0.2) is 0 Å². The predicted molar refractivity (Wildman–Crippen MR) is 97.7 cm³/mol. The molecular formula is C20H27N3O3. The minimum absolute atomic E-state index is 0.122. The van der Waals surface area contributed by atoms with Crippen molar-refractivity contribution in [2.24, 2.45) is 23.2 Å². The molecule has 0 aliphatic heterocycles. The Morgan fingerprint density at radius 3 is 2.35 bits per heavy atom. The molecule has 140 valence electrons. The van der Waals surface area contributed by atoms with Gasteiger partial charge in [-0.1, -0.05) is 0 Å². The molecule has 5 rings (SSSR count). The lowest BCUT2D eigenvalue weighted by molar-refractivity contribution is -0.146. The van der Waals surface area contributed by atoms with Gasteiger partial charge >= 0.3 is 0 Å². The van der Waals surface area contributed by atoms with Crippen molar-refractivity contribution in [1.82, 2.24) is 10.3 Å². The zero-order valence-corrected chi connectivity index (χ0v) is 15.3. The smallest absolute Gasteiger partial charge is 0.226 e. The van der Waals surface area contributed by atoms with Crippen molar-refractivity contribution in [3.63, 3.8) is 0 Å². The monoisotopic (exact) mass is 357 g/mol. The maximum atomic E-state index is 12.8. The lowest BCUT2D eigenvalue weighted by Crippen LogP contribution is -2.53. The fourth-order valence-corrected chi connectivity index (χ4v) is 5.66. The maximum absolute atomic E-state index is 12.8. The molecule has 4 aliphatic carbocycles. The second kappa shape index (κ2) is 6.89. The topological polar surface area (TPSA) is 80.3 Å². The van der Waals surface area contributed by atoms with Crippen LogP contribution in [0.15, 0.2) is 18.3 Å². The zero-order chi connectivity index (χ0) is 18.1. The summed E-state index contributed by atoms with van der Waals surface area (Å²) in [6.07, 6.45) is 8.95. The number of amides is 2. The van der Waals surface area contributed by atoms with E-state index in [0.717, 1.165) is 37.0 Å². The summed E-state index contributed by atoms with van der Waals surface area (Å²) in [5.41, 5.74) is 0.480. The summed E-state index contributed by atoms with van der Waals surface area (Å²) in [6, 6.07) is 3.45. The third kappa shape index (κ3) is 3.41. The molecule has 2 N–H and O–H groups in total. The van der Waals surface area contributed by atoms with Gasteiger partial charge < -0.3 is 15.4 Å². The molecule has 4 bridgehead atoms. The van der Waals surface area contributed by atoms with Crippen molar-refractivity contribution in [3.8, 4) is 5.88 Å². The molecule has 4 aliphatic rings. The first-order valence-corrected chi connectivity index (χ1v) is 9.64. The molecule has 26 heavy (non-hydrogen) atoms. The van der Waals surface area contributed by atoms with E-state index in [1.807, 2.05) is 0 Å². The SMILES string of the molecule is COc1ccc(NC(=O)CCNC(=O)C23CC4CC(CC(C4)C2)C3)cn1. The first kappa shape index (κ1) is 17.3. The van der Waals surface area contributed by atoms with Crippen LogP contribution in [0.5, 0.6) is 5.88 Å². The number of hydrogen-bond donors (Lipinski definition) is 2. The van der Waals surface area contributed by atoms with Gasteiger partial charge in [-0.25, -0.2) is 4.98 Å². The van der Waals surface area contributed by atoms with Crippen molar-refractivity contribution < 1.29 is 14.3 Å². The van der Waals surface area contributed by atoms with E-state index in [-0.39, 0.29) is 23.7 Å². The Kier molecular flexibility index (Phi) is 4.59. The maximum Gasteiger partial charge on any atom is 0.226 e. The van der Waals surface area contributed by atoms with Crippen LogP contribution >= 0.6 is 0 Å². The van der Waals surface area contributed by atoms with Gasteiger partial charge in [-0.3, -0.25) is 9.59 Å². The molecule has 6 heteroatoms. The van der Waals surface area contributed by atoms with E-state index in [2.05, 4.69) is 15.6 Å². The lowest BCUT2D eigenvalue weighted by Gasteiger charge is -2.55. The molecule has 1 heterocycles. The molecule has 6 nitrogen and oxygen atoms in total. The normalized spacial score (nSPS) is 31.5. The second-order valence-electron chi connectivity index (χ2n) is 8.34. The van der Waals surface area contributed by atoms with E-state index in [1.165, 1.54) is 19.3 Å². The Bertz CT molecular complexity index is 651. The van der Waals surface area contributed by atoms with Crippen LogP contribution in [0.4, 0.5) is 5.69 Å². The Hall–Kier alpha value is -2.11. The number of hydrogen-bond acceptors (Lipinski definition) is 4. The van der Waals surface area contributed by atoms with E-state index >= 15 is 0 Å². The van der Waals surface area contributed by atoms with Crippen LogP contribution in [-0.4, -0.2) is 30.5 Å². The molecule has 4 fully saturated rings. The molecule has 0 unspecified atom stereocenters. The third-order valence-corrected chi connectivity index (χ3v) is 6.39. The highest BCUT2D eigenvalue weighted by Crippen LogP contribution is 2.60. The molecule has 1 aromatic heterocycles. The van der Waals surface area contributed by atoms with Crippen LogP contribution in [0, 0.1) is 23.2 Å². The van der Waals surface area contributed by atoms with Crippen molar-refractivity contribution in [2.45, 2.75) is 44.9 Å². The highest BCUT2D eigenvalue weighted by atomic mass is 16.5. The van der Waals surface area contributed by atoms with Gasteiger partial charge in [-0.05, 0) is 62.3 Å². The Balaban J connectivity index is 1.25. The number of anilines is 1. The molecule has 0 saturated heterocycles. The first-order chi connectivity index (χ1) is 12.6. The predicted octanol–water partition coefficient (Wildman–Crippen LogP) is 2.75. The van der Waals surface area contributed by atoms with E-state index < -0.39 is 0 Å². The molecule has 0 spiro atoms. The van der Waals surface area contributed by atoms with Crippen molar-refractivity contribution >= 4 is 17.5 Å². The quantitative estimate of drug-likeness (QED) is 0.820. The average Bonchev–Trinajstić information content (AvgIpc) is 2.61. The number of aromatic nitrogens is 1. The zero-order valence-electron chi connectivity index (χ0n) is 15.3. The molecule has 0 radical (unpaired) electrons. The summed E-state index contributed by atoms with van der Waals surface area (Å²) in [5, 5.41) is 5.83. The van der Waals surface area contributed by atoms with E-state index in [1.54, 1.807) is 25.4 Å². The number of nitrogens with zero attached hydrogens (tertiary/aromatic N) is 1. The van der Waals surface area contributed by atoms with E-state index in [0.29, 0.717) is 18.1 Å². The van der Waals surface area contributed by atoms with Crippen molar-refractivity contribution in [3.05, 3.63) is 18.3 Å². The number of carbonyl (C=O) groups excluding carboxylic acids is 2. The number of methoxy groups -OCH3 is 1. The van der Waals surface area contributed by atoms with Crippen molar-refractivity contribution in [2.75, 3.05) is 19.0 Å². The van der Waals surface area contributed by atoms with Gasteiger partial charge in [-0.15, -0.1) is 0 Å². The van der Waals surface area contributed by atoms with Gasteiger partial charge in [-0.2, -0.15) is 0 Å². The number of ether oxygens (including phenoxy) is 1. The van der Waals surface area contributed by atoms with Gasteiger partial charge in [0.05, 0.1) is 19.0 Å². The fourth-order valence-electron chi connectivity index (χ4n) is 5.66. The molecule has 0 atom stereocenters. The van der Waals surface area contributed by atoms with Gasteiger partial charge in [0.1, 0.15) is 0 Å². The lowest BCUT2D eigenvalue weighted by atomic mass is 9.49. The van der Waals surface area contributed by atoms with Crippen LogP contribution in [0.2, 0.25) is 0 Å². The summed E-state index contributed by atoms with van der Waals surface area (Å²) < 4.78 is 4.99. The van der Waals surface area contributed by atoms with E-state index in [9.17, 15) is 9.59 Å². The molecule has 0 aromatic carbocycles. The summed E-state index contributed by atoms with van der Waals surface area (Å²) in [6.45, 7) is 0.385. The van der Waals surface area contributed by atoms with Gasteiger partial charge in [0.2, 0.25) is 17.7 Å². The molecular weight excluding hydrogens is 330 g/mol. The van der Waals surface area contributed by atoms with Crippen LogP contribution < -0.4 is 15.4 Å². The average molecular weight is 357 g/mol. The summed E-state index contributed by atoms with van der Waals surface area (Å²) in [5.74, 6) is 2.80. The summed E-state index contributed by atoms with van der Waals surface area (Å²) in [7, 11) is 1.55. The number of carbonyl (C=O) groups is 2. The number of rotatable bonds is 6. The Morgan fingerprint density at radius 2 is 1.81 bits per heavy atom. The highest BCUT2D eigenvalue weighted by molar-refractivity contribution is 5.91. The fraction of sp³-hybridized carbons (Fsp3) is 0.650. The number of pyridine rings is 1. The first-order valence-electron chi connectivity index (χ1n) is 9.64. The minimum Gasteiger partial charge on any atom is -0.481 e.